The zero-order chi connectivity index (χ0) is 0. The molecule has 0 saturated heterocycles. The van der Waals surface area contributed by atoms with Crippen LogP contribution in [0.15, 0.2) is 0 Å². The molecular weight excluding hydrogens is 840 g/mol. The Morgan fingerprint density at radius 2 is 0.375 bits per heavy atom. The Morgan fingerprint density at radius 3 is 0.375 bits per heavy atom. The summed E-state index contributed by atoms with van der Waals surface area (Å²) in [6.45, 7) is 0. The molecule has 8 heteroatoms. The summed E-state index contributed by atoms with van der Waals surface area (Å²) >= 11 is 0. The second-order valence-corrected chi connectivity index (χ2v) is 0. The molecule has 0 aromatic heterocycles. The second-order valence-electron chi connectivity index (χ2n) is 0. The van der Waals surface area contributed by atoms with Crippen molar-refractivity contribution in [1.82, 2.24) is 0 Å². The van der Waals surface area contributed by atoms with Crippen LogP contribution in [0, 0.1) is 0 Å². The van der Waals surface area contributed by atoms with Crippen molar-refractivity contribution in [2.24, 2.45) is 0 Å². The van der Waals surface area contributed by atoms with Gasteiger partial charge in [0.15, 0.2) is 0 Å². The zero-order valence-corrected chi connectivity index (χ0v) is 24.7. The van der Waals surface area contributed by atoms with Crippen LogP contribution < -0.4 is 103 Å². The van der Waals surface area contributed by atoms with Crippen molar-refractivity contribution in [3.8, 4) is 0 Å². The van der Waals surface area contributed by atoms with E-state index in [0.29, 0.717) is 0 Å². The number of rotatable bonds is 0. The predicted molar refractivity (Wildman–Crippen MR) is 94.7 cm³/mol. The van der Waals surface area contributed by atoms with Crippen molar-refractivity contribution in [3.63, 3.8) is 0 Å². The molecule has 0 aromatic rings. The van der Waals surface area contributed by atoms with Crippen molar-refractivity contribution < 1.29 is 106 Å². The van der Waals surface area contributed by atoms with E-state index in [9.17, 15) is 0 Å². The average molecular weight is 848 g/mol. The topological polar surface area (TPSA) is 0 Å². The normalized spacial score (nSPS) is 0. The number of halogens is 6. The molecule has 0 aromatic carbocycles. The van der Waals surface area contributed by atoms with Crippen LogP contribution in [0.4, 0.5) is 0 Å². The van der Waals surface area contributed by atoms with Crippen molar-refractivity contribution in [2.75, 3.05) is 0 Å². The first-order valence-electron chi connectivity index (χ1n) is 0. The summed E-state index contributed by atoms with van der Waals surface area (Å²) in [6.07, 6.45) is 0. The van der Waals surface area contributed by atoms with Crippen LogP contribution in [0.1, 0.15) is 2.85 Å². The molecule has 0 bridgehead atoms. The van der Waals surface area contributed by atoms with Crippen molar-refractivity contribution in [1.29, 1.82) is 0 Å². The molecule has 0 aliphatic heterocycles. The van der Waals surface area contributed by atoms with Gasteiger partial charge in [-0.1, -0.05) is 0 Å². The molecule has 0 radical (unpaired) electrons. The van der Waals surface area contributed by atoms with Crippen molar-refractivity contribution in [3.05, 3.63) is 0 Å². The van der Waals surface area contributed by atoms with Gasteiger partial charge < -0.3 is 2.85 Å². The zero-order valence-electron chi connectivity index (χ0n) is 6.45. The summed E-state index contributed by atoms with van der Waals surface area (Å²) in [5.41, 5.74) is 0. The molecule has 0 nitrogen and oxygen atoms in total. The second kappa shape index (κ2) is 46.6. The molecule has 0 fully saturated rings. The molecule has 0 unspecified atom stereocenters. The summed E-state index contributed by atoms with van der Waals surface area (Å²) in [5, 5.41) is 0. The monoisotopic (exact) mass is 847 g/mol. The third kappa shape index (κ3) is 37.3. The first-order chi connectivity index (χ1) is 0. The summed E-state index contributed by atoms with van der Waals surface area (Å²) in [6, 6.07) is 0. The fourth-order valence-corrected chi connectivity index (χ4v) is 0. The molecule has 0 N–H and O–H groups in total. The molecule has 0 amide bonds. The first kappa shape index (κ1) is 57.4. The number of hydrogen-bond acceptors (Lipinski definition) is 0. The molecule has 0 rings (SSSR count). The maximum Gasteiger partial charge on any atom is 1.00 e. The predicted octanol–water partition coefficient (Wildman–Crippen LogP) is -2.06. The summed E-state index contributed by atoms with van der Waals surface area (Å²) in [4.78, 5) is 0. The van der Waals surface area contributed by atoms with Gasteiger partial charge in [0, 0.05) is 0 Å². The minimum atomic E-state index is 0. The Morgan fingerprint density at radius 1 is 0.375 bits per heavy atom. The minimum absolute atomic E-state index is 0. The van der Waals surface area contributed by atoms with Gasteiger partial charge in [0.25, 0.3) is 0 Å². The molecule has 0 aliphatic carbocycles. The smallest absolute Gasteiger partial charge is 1.00 e. The molecule has 52 valence electrons. The van der Waals surface area contributed by atoms with E-state index in [4.69, 9.17) is 0 Å². The van der Waals surface area contributed by atoms with E-state index >= 15 is 0 Å². The molecule has 0 aliphatic rings. The Bertz CT molecular complexity index is 13.7. The van der Waals surface area contributed by atoms with Gasteiger partial charge in [-0.3, -0.25) is 0 Å². The minimum Gasteiger partial charge on any atom is -1.00 e. The van der Waals surface area contributed by atoms with Crippen LogP contribution in [0.3, 0.4) is 0 Å². The van der Waals surface area contributed by atoms with E-state index in [1.165, 1.54) is 0 Å². The van der Waals surface area contributed by atoms with E-state index in [2.05, 4.69) is 0 Å². The van der Waals surface area contributed by atoms with Gasteiger partial charge >= 0.3 is 103 Å². The molecule has 8 heavy (non-hydrogen) atoms. The third-order valence-electron chi connectivity index (χ3n) is 0. The van der Waals surface area contributed by atoms with E-state index in [-0.39, 0.29) is 249 Å². The molecule has 0 atom stereocenters. The van der Waals surface area contributed by atoms with Gasteiger partial charge in [0.1, 0.15) is 0 Å². The van der Waals surface area contributed by atoms with E-state index in [0.717, 1.165) is 0 Å². The van der Waals surface area contributed by atoms with Gasteiger partial charge in [0.05, 0.1) is 0 Å². The quantitative estimate of drug-likeness (QED) is 0.195. The molecule has 0 heterocycles. The van der Waals surface area contributed by atoms with Gasteiger partial charge in [-0.25, -0.2) is 0 Å². The van der Waals surface area contributed by atoms with E-state index in [1.54, 1.807) is 0 Å². The SMILES string of the molecule is I.I.I.I.I.I.[H-].[H-].[K+].[K+]. The molecule has 0 saturated carbocycles. The van der Waals surface area contributed by atoms with Gasteiger partial charge in [0.2, 0.25) is 0 Å². The standard InChI is InChI=1S/6HI.2K.2H/h6*1H;;;;/q;;;;;;2*+1;2*-1. The van der Waals surface area contributed by atoms with Gasteiger partial charge in [-0.05, 0) is 0 Å². The van der Waals surface area contributed by atoms with Crippen LogP contribution in [0.5, 0.6) is 0 Å². The van der Waals surface area contributed by atoms with Crippen LogP contribution in [-0.2, 0) is 0 Å². The van der Waals surface area contributed by atoms with Crippen LogP contribution in [0.25, 0.3) is 0 Å². The molecular formula is H8I6K2. The number of hydrogen-bond donors (Lipinski definition) is 0. The Balaban J connectivity index is 0. The van der Waals surface area contributed by atoms with Crippen LogP contribution >= 0.6 is 144 Å². The first-order valence-corrected chi connectivity index (χ1v) is 0. The average Bonchev–Trinajstić information content (AvgIpc) is 0. The maximum atomic E-state index is 0. The maximum absolute atomic E-state index is 0. The van der Waals surface area contributed by atoms with Crippen molar-refractivity contribution in [2.45, 2.75) is 0 Å². The molecule has 0 spiro atoms. The Labute approximate surface area is 241 Å². The Kier molecular flexibility index (Phi) is 335. The van der Waals surface area contributed by atoms with E-state index in [1.807, 2.05) is 0 Å². The van der Waals surface area contributed by atoms with Gasteiger partial charge in [-0.2, -0.15) is 0 Å². The van der Waals surface area contributed by atoms with E-state index < -0.39 is 0 Å². The Hall–Kier alpha value is 7.65. The largest absolute Gasteiger partial charge is 1.00 e. The van der Waals surface area contributed by atoms with Crippen LogP contribution in [0.2, 0.25) is 0 Å². The third-order valence-corrected chi connectivity index (χ3v) is 0. The summed E-state index contributed by atoms with van der Waals surface area (Å²) < 4.78 is 0. The fourth-order valence-electron chi connectivity index (χ4n) is 0. The van der Waals surface area contributed by atoms with Crippen LogP contribution in [-0.4, -0.2) is 0 Å². The van der Waals surface area contributed by atoms with Crippen molar-refractivity contribution >= 4 is 144 Å². The fraction of sp³-hybridized carbons (Fsp3) is 0. The van der Waals surface area contributed by atoms with Gasteiger partial charge in [-0.15, -0.1) is 144 Å². The summed E-state index contributed by atoms with van der Waals surface area (Å²) in [7, 11) is 0. The summed E-state index contributed by atoms with van der Waals surface area (Å²) in [5.74, 6) is 0.